The van der Waals surface area contributed by atoms with Gasteiger partial charge in [0.1, 0.15) is 5.69 Å². The fourth-order valence-electron chi connectivity index (χ4n) is 1.90. The Hall–Kier alpha value is -1.88. The molecule has 0 N–H and O–H groups in total. The standard InChI is InChI=1S/C13H11NO3S/c1-7(15)12-13(18-8(2)14-12)9-3-4-10-11(5-9)17-6-16-10/h3-5H,6H2,1-2H3. The summed E-state index contributed by atoms with van der Waals surface area (Å²) in [4.78, 5) is 16.7. The second-order valence-electron chi connectivity index (χ2n) is 4.03. The van der Waals surface area contributed by atoms with Crippen molar-refractivity contribution in [3.8, 4) is 21.9 Å². The SMILES string of the molecule is CC(=O)c1nc(C)sc1-c1ccc2c(c1)OCO2. The van der Waals surface area contributed by atoms with Crippen LogP contribution in [-0.2, 0) is 0 Å². The monoisotopic (exact) mass is 261 g/mol. The van der Waals surface area contributed by atoms with E-state index < -0.39 is 0 Å². The highest BCUT2D eigenvalue weighted by Crippen LogP contribution is 2.38. The second kappa shape index (κ2) is 4.10. The molecule has 1 aromatic heterocycles. The van der Waals surface area contributed by atoms with Gasteiger partial charge in [0.2, 0.25) is 6.79 Å². The minimum absolute atomic E-state index is 0.0213. The van der Waals surface area contributed by atoms with Crippen LogP contribution in [0.4, 0.5) is 0 Å². The Morgan fingerprint density at radius 1 is 1.33 bits per heavy atom. The zero-order valence-electron chi connectivity index (χ0n) is 10.0. The molecule has 1 aromatic carbocycles. The molecule has 0 radical (unpaired) electrons. The third-order valence-corrected chi connectivity index (χ3v) is 3.72. The van der Waals surface area contributed by atoms with Gasteiger partial charge in [0.15, 0.2) is 17.3 Å². The summed E-state index contributed by atoms with van der Waals surface area (Å²) in [6.45, 7) is 3.68. The first-order valence-corrected chi connectivity index (χ1v) is 6.35. The molecule has 0 bridgehead atoms. The molecule has 2 heterocycles. The number of rotatable bonds is 2. The molecule has 0 amide bonds. The van der Waals surface area contributed by atoms with Crippen LogP contribution in [0.2, 0.25) is 0 Å². The predicted octanol–water partition coefficient (Wildman–Crippen LogP) is 3.05. The van der Waals surface area contributed by atoms with Crippen molar-refractivity contribution < 1.29 is 14.3 Å². The number of fused-ring (bicyclic) bond motifs is 1. The average Bonchev–Trinajstić information content (AvgIpc) is 2.93. The van der Waals surface area contributed by atoms with Crippen LogP contribution in [0.3, 0.4) is 0 Å². The highest BCUT2D eigenvalue weighted by atomic mass is 32.1. The molecule has 0 atom stereocenters. The Bertz CT molecular complexity index is 633. The third-order valence-electron chi connectivity index (χ3n) is 2.70. The molecular weight excluding hydrogens is 250 g/mol. The van der Waals surface area contributed by atoms with Crippen LogP contribution in [-0.4, -0.2) is 17.6 Å². The van der Waals surface area contributed by atoms with Gasteiger partial charge in [-0.1, -0.05) is 0 Å². The summed E-state index contributed by atoms with van der Waals surface area (Å²) in [5, 5.41) is 0.882. The molecule has 0 saturated heterocycles. The van der Waals surface area contributed by atoms with E-state index in [4.69, 9.17) is 9.47 Å². The van der Waals surface area contributed by atoms with Crippen LogP contribution >= 0.6 is 11.3 Å². The Balaban J connectivity index is 2.12. The van der Waals surface area contributed by atoms with E-state index in [1.54, 1.807) is 0 Å². The molecule has 3 rings (SSSR count). The van der Waals surface area contributed by atoms with Crippen LogP contribution in [0.5, 0.6) is 11.5 Å². The molecule has 1 aliphatic heterocycles. The fourth-order valence-corrected chi connectivity index (χ4v) is 2.86. The molecule has 0 fully saturated rings. The largest absolute Gasteiger partial charge is 0.454 e. The molecule has 0 spiro atoms. The van der Waals surface area contributed by atoms with Gasteiger partial charge >= 0.3 is 0 Å². The van der Waals surface area contributed by atoms with Gasteiger partial charge in [0.25, 0.3) is 0 Å². The van der Waals surface area contributed by atoms with Crippen molar-refractivity contribution in [3.05, 3.63) is 28.9 Å². The number of benzene rings is 1. The first-order valence-electron chi connectivity index (χ1n) is 5.53. The molecular formula is C13H11NO3S. The first-order chi connectivity index (χ1) is 8.65. The van der Waals surface area contributed by atoms with Crippen molar-refractivity contribution in [1.82, 2.24) is 4.98 Å². The van der Waals surface area contributed by atoms with E-state index in [2.05, 4.69) is 4.98 Å². The van der Waals surface area contributed by atoms with E-state index >= 15 is 0 Å². The van der Waals surface area contributed by atoms with Gasteiger partial charge in [-0.15, -0.1) is 11.3 Å². The number of hydrogen-bond donors (Lipinski definition) is 0. The fraction of sp³-hybridized carbons (Fsp3) is 0.231. The second-order valence-corrected chi connectivity index (χ2v) is 5.24. The smallest absolute Gasteiger partial charge is 0.231 e. The van der Waals surface area contributed by atoms with Gasteiger partial charge in [0, 0.05) is 6.92 Å². The third kappa shape index (κ3) is 1.76. The minimum atomic E-state index is -0.0213. The number of ether oxygens (including phenoxy) is 2. The van der Waals surface area contributed by atoms with E-state index in [1.807, 2.05) is 25.1 Å². The Labute approximate surface area is 108 Å². The summed E-state index contributed by atoms with van der Waals surface area (Å²) < 4.78 is 10.6. The van der Waals surface area contributed by atoms with Gasteiger partial charge in [0.05, 0.1) is 9.88 Å². The lowest BCUT2D eigenvalue weighted by molar-refractivity contribution is 0.101. The molecule has 1 aliphatic rings. The van der Waals surface area contributed by atoms with Crippen molar-refractivity contribution in [3.63, 3.8) is 0 Å². The number of carbonyl (C=O) groups is 1. The summed E-state index contributed by atoms with van der Waals surface area (Å²) in [6.07, 6.45) is 0. The van der Waals surface area contributed by atoms with Crippen LogP contribution in [0.25, 0.3) is 10.4 Å². The van der Waals surface area contributed by atoms with E-state index in [-0.39, 0.29) is 12.6 Å². The van der Waals surface area contributed by atoms with Crippen molar-refractivity contribution in [2.45, 2.75) is 13.8 Å². The summed E-state index contributed by atoms with van der Waals surface area (Å²) in [5.41, 5.74) is 1.46. The lowest BCUT2D eigenvalue weighted by atomic mass is 10.1. The number of thiazole rings is 1. The number of aryl methyl sites for hydroxylation is 1. The van der Waals surface area contributed by atoms with Crippen molar-refractivity contribution in [2.24, 2.45) is 0 Å². The molecule has 0 aliphatic carbocycles. The maximum absolute atomic E-state index is 11.6. The lowest BCUT2D eigenvalue weighted by Gasteiger charge is -2.01. The zero-order valence-corrected chi connectivity index (χ0v) is 10.8. The normalized spacial score (nSPS) is 12.8. The van der Waals surface area contributed by atoms with E-state index in [9.17, 15) is 4.79 Å². The molecule has 0 saturated carbocycles. The topological polar surface area (TPSA) is 48.4 Å². The van der Waals surface area contributed by atoms with Gasteiger partial charge in [-0.05, 0) is 30.7 Å². The molecule has 4 nitrogen and oxygen atoms in total. The summed E-state index contributed by atoms with van der Waals surface area (Å²) >= 11 is 1.51. The highest BCUT2D eigenvalue weighted by Gasteiger charge is 2.19. The van der Waals surface area contributed by atoms with Crippen LogP contribution < -0.4 is 9.47 Å². The van der Waals surface area contributed by atoms with E-state index in [0.29, 0.717) is 11.4 Å². The number of aromatic nitrogens is 1. The van der Waals surface area contributed by atoms with Crippen molar-refractivity contribution >= 4 is 17.1 Å². The van der Waals surface area contributed by atoms with Crippen molar-refractivity contribution in [1.29, 1.82) is 0 Å². The number of hydrogen-bond acceptors (Lipinski definition) is 5. The highest BCUT2D eigenvalue weighted by molar-refractivity contribution is 7.15. The maximum atomic E-state index is 11.6. The van der Waals surface area contributed by atoms with Gasteiger partial charge in [-0.3, -0.25) is 4.79 Å². The summed E-state index contributed by atoms with van der Waals surface area (Å²) in [6, 6.07) is 5.67. The predicted molar refractivity (Wildman–Crippen MR) is 68.4 cm³/mol. The molecule has 18 heavy (non-hydrogen) atoms. The quantitative estimate of drug-likeness (QED) is 0.779. The van der Waals surface area contributed by atoms with Crippen molar-refractivity contribution in [2.75, 3.05) is 6.79 Å². The Kier molecular flexibility index (Phi) is 2.56. The lowest BCUT2D eigenvalue weighted by Crippen LogP contribution is -1.95. The summed E-state index contributed by atoms with van der Waals surface area (Å²) in [5.74, 6) is 1.43. The number of carbonyl (C=O) groups excluding carboxylic acids is 1. The average molecular weight is 261 g/mol. The number of Topliss-reactive ketones (excluding diaryl/α,β-unsaturated/α-hetero) is 1. The van der Waals surface area contributed by atoms with Gasteiger partial charge < -0.3 is 9.47 Å². The Morgan fingerprint density at radius 3 is 2.89 bits per heavy atom. The first kappa shape index (κ1) is 11.2. The summed E-state index contributed by atoms with van der Waals surface area (Å²) in [7, 11) is 0. The molecule has 5 heteroatoms. The van der Waals surface area contributed by atoms with Crippen LogP contribution in [0.15, 0.2) is 18.2 Å². The van der Waals surface area contributed by atoms with E-state index in [0.717, 1.165) is 21.2 Å². The molecule has 92 valence electrons. The van der Waals surface area contributed by atoms with Crippen LogP contribution in [0, 0.1) is 6.92 Å². The van der Waals surface area contributed by atoms with Gasteiger partial charge in [-0.2, -0.15) is 0 Å². The number of nitrogens with zero attached hydrogens (tertiary/aromatic N) is 1. The van der Waals surface area contributed by atoms with Gasteiger partial charge in [-0.25, -0.2) is 4.98 Å². The minimum Gasteiger partial charge on any atom is -0.454 e. The maximum Gasteiger partial charge on any atom is 0.231 e. The number of ketones is 1. The Morgan fingerprint density at radius 2 is 2.11 bits per heavy atom. The van der Waals surface area contributed by atoms with E-state index in [1.165, 1.54) is 18.3 Å². The molecule has 2 aromatic rings. The molecule has 0 unspecified atom stereocenters. The van der Waals surface area contributed by atoms with Crippen LogP contribution in [0.1, 0.15) is 22.4 Å². The zero-order chi connectivity index (χ0) is 12.7.